The lowest BCUT2D eigenvalue weighted by Crippen LogP contribution is -2.21. The normalized spacial score (nSPS) is 11.1. The van der Waals surface area contributed by atoms with E-state index in [0.29, 0.717) is 12.6 Å². The number of thiazole rings is 1. The molecule has 1 N–H and O–H groups in total. The van der Waals surface area contributed by atoms with Gasteiger partial charge in [-0.2, -0.15) is 0 Å². The van der Waals surface area contributed by atoms with E-state index in [1.807, 2.05) is 12.3 Å². The van der Waals surface area contributed by atoms with Crippen molar-refractivity contribution < 1.29 is 4.74 Å². The molecular formula is C15H18Br2N2OS. The maximum absolute atomic E-state index is 5.88. The number of hydrogen-bond acceptors (Lipinski definition) is 4. The molecule has 0 aliphatic heterocycles. The van der Waals surface area contributed by atoms with Crippen LogP contribution in [0.3, 0.4) is 0 Å². The lowest BCUT2D eigenvalue weighted by molar-refractivity contribution is 0.298. The number of benzene rings is 1. The number of nitrogens with zero attached hydrogens (tertiary/aromatic N) is 1. The third-order valence-corrected chi connectivity index (χ3v) is 4.80. The fourth-order valence-electron chi connectivity index (χ4n) is 1.79. The molecule has 0 unspecified atom stereocenters. The van der Waals surface area contributed by atoms with E-state index < -0.39 is 0 Å². The smallest absolute Gasteiger partial charge is 0.148 e. The number of hydrogen-bond donors (Lipinski definition) is 1. The molecule has 6 heteroatoms. The highest BCUT2D eigenvalue weighted by Gasteiger charge is 2.10. The van der Waals surface area contributed by atoms with Gasteiger partial charge in [-0.1, -0.05) is 13.8 Å². The standard InChI is InChI=1S/C15H18Br2N2OS/c1-9(2)18-6-11-4-13(16)15(14(17)5-11)20-7-12-8-21-10(3)19-12/h4-5,8-9,18H,6-7H2,1-3H3. The van der Waals surface area contributed by atoms with Gasteiger partial charge in [0.2, 0.25) is 0 Å². The van der Waals surface area contributed by atoms with Gasteiger partial charge >= 0.3 is 0 Å². The van der Waals surface area contributed by atoms with Crippen LogP contribution in [-0.4, -0.2) is 11.0 Å². The predicted octanol–water partition coefficient (Wildman–Crippen LogP) is 5.05. The van der Waals surface area contributed by atoms with Crippen molar-refractivity contribution in [3.63, 3.8) is 0 Å². The average molecular weight is 434 g/mol. The number of aryl methyl sites for hydroxylation is 1. The summed E-state index contributed by atoms with van der Waals surface area (Å²) in [6, 6.07) is 4.63. The highest BCUT2D eigenvalue weighted by Crippen LogP contribution is 2.35. The molecule has 0 bridgehead atoms. The van der Waals surface area contributed by atoms with Crippen molar-refractivity contribution >= 4 is 43.2 Å². The number of halogens is 2. The number of nitrogens with one attached hydrogen (secondary N) is 1. The van der Waals surface area contributed by atoms with Gasteiger partial charge in [0.05, 0.1) is 19.6 Å². The summed E-state index contributed by atoms with van der Waals surface area (Å²) in [4.78, 5) is 4.40. The molecule has 0 fully saturated rings. The molecule has 0 atom stereocenters. The Balaban J connectivity index is 2.06. The second-order valence-electron chi connectivity index (χ2n) is 5.07. The van der Waals surface area contributed by atoms with Crippen LogP contribution >= 0.6 is 43.2 Å². The molecule has 1 aromatic heterocycles. The van der Waals surface area contributed by atoms with Crippen molar-refractivity contribution in [1.29, 1.82) is 0 Å². The van der Waals surface area contributed by atoms with Gasteiger partial charge in [-0.05, 0) is 56.5 Å². The third-order valence-electron chi connectivity index (χ3n) is 2.80. The molecule has 0 saturated carbocycles. The van der Waals surface area contributed by atoms with Crippen LogP contribution in [0, 0.1) is 6.92 Å². The van der Waals surface area contributed by atoms with Crippen molar-refractivity contribution in [3.05, 3.63) is 42.7 Å². The van der Waals surface area contributed by atoms with Crippen LogP contribution in [0.2, 0.25) is 0 Å². The van der Waals surface area contributed by atoms with E-state index in [-0.39, 0.29) is 0 Å². The quantitative estimate of drug-likeness (QED) is 0.691. The van der Waals surface area contributed by atoms with Crippen LogP contribution < -0.4 is 10.1 Å². The molecule has 0 spiro atoms. The molecule has 3 nitrogen and oxygen atoms in total. The summed E-state index contributed by atoms with van der Waals surface area (Å²) >= 11 is 8.80. The molecule has 0 saturated heterocycles. The first-order valence-corrected chi connectivity index (χ1v) is 9.17. The van der Waals surface area contributed by atoms with E-state index >= 15 is 0 Å². The fraction of sp³-hybridized carbons (Fsp3) is 0.400. The minimum atomic E-state index is 0.464. The summed E-state index contributed by atoms with van der Waals surface area (Å²) in [6.07, 6.45) is 0. The van der Waals surface area contributed by atoms with Crippen LogP contribution in [0.4, 0.5) is 0 Å². The number of aromatic nitrogens is 1. The first-order valence-electron chi connectivity index (χ1n) is 6.71. The molecule has 2 aromatic rings. The van der Waals surface area contributed by atoms with Gasteiger partial charge in [0.25, 0.3) is 0 Å². The van der Waals surface area contributed by atoms with Crippen molar-refractivity contribution in [2.24, 2.45) is 0 Å². The van der Waals surface area contributed by atoms with Gasteiger partial charge in [0, 0.05) is 18.0 Å². The van der Waals surface area contributed by atoms with Crippen molar-refractivity contribution in [2.75, 3.05) is 0 Å². The number of ether oxygens (including phenoxy) is 1. The fourth-order valence-corrected chi connectivity index (χ4v) is 3.90. The topological polar surface area (TPSA) is 34.1 Å². The minimum Gasteiger partial charge on any atom is -0.485 e. The van der Waals surface area contributed by atoms with Crippen LogP contribution in [0.5, 0.6) is 5.75 Å². The van der Waals surface area contributed by atoms with Gasteiger partial charge in [-0.25, -0.2) is 4.98 Å². The van der Waals surface area contributed by atoms with Gasteiger partial charge < -0.3 is 10.1 Å². The Morgan fingerprint density at radius 3 is 2.48 bits per heavy atom. The molecule has 2 rings (SSSR count). The van der Waals surface area contributed by atoms with E-state index in [9.17, 15) is 0 Å². The largest absolute Gasteiger partial charge is 0.485 e. The Morgan fingerprint density at radius 1 is 1.29 bits per heavy atom. The van der Waals surface area contributed by atoms with E-state index in [1.165, 1.54) is 5.56 Å². The zero-order chi connectivity index (χ0) is 15.4. The van der Waals surface area contributed by atoms with E-state index in [0.717, 1.165) is 31.9 Å². The van der Waals surface area contributed by atoms with E-state index in [4.69, 9.17) is 4.74 Å². The summed E-state index contributed by atoms with van der Waals surface area (Å²) in [5, 5.41) is 6.49. The molecule has 0 aliphatic rings. The Labute approximate surface area is 146 Å². The average Bonchev–Trinajstić information content (AvgIpc) is 2.81. The summed E-state index contributed by atoms with van der Waals surface area (Å²) in [5.41, 5.74) is 2.17. The van der Waals surface area contributed by atoms with Crippen molar-refractivity contribution in [2.45, 2.75) is 40.0 Å². The maximum Gasteiger partial charge on any atom is 0.148 e. The van der Waals surface area contributed by atoms with Gasteiger partial charge in [-0.15, -0.1) is 11.3 Å². The zero-order valence-electron chi connectivity index (χ0n) is 12.2. The highest BCUT2D eigenvalue weighted by molar-refractivity contribution is 9.11. The lowest BCUT2D eigenvalue weighted by atomic mass is 10.2. The highest BCUT2D eigenvalue weighted by atomic mass is 79.9. The molecule has 21 heavy (non-hydrogen) atoms. The summed E-state index contributed by atoms with van der Waals surface area (Å²) in [5.74, 6) is 0.814. The van der Waals surface area contributed by atoms with Crippen LogP contribution in [-0.2, 0) is 13.2 Å². The number of rotatable bonds is 6. The summed E-state index contributed by atoms with van der Waals surface area (Å²) < 4.78 is 7.77. The first-order chi connectivity index (χ1) is 9.95. The molecule has 0 radical (unpaired) electrons. The monoisotopic (exact) mass is 432 g/mol. The van der Waals surface area contributed by atoms with Crippen LogP contribution in [0.1, 0.15) is 30.1 Å². The molecule has 0 amide bonds. The SMILES string of the molecule is Cc1nc(COc2c(Br)cc(CNC(C)C)cc2Br)cs1. The van der Waals surface area contributed by atoms with Crippen molar-refractivity contribution in [1.82, 2.24) is 10.3 Å². The predicted molar refractivity (Wildman–Crippen MR) is 95.0 cm³/mol. The van der Waals surface area contributed by atoms with E-state index in [1.54, 1.807) is 11.3 Å². The van der Waals surface area contributed by atoms with Gasteiger partial charge in [0.15, 0.2) is 0 Å². The Bertz CT molecular complexity index is 590. The molecule has 1 heterocycles. The Morgan fingerprint density at radius 2 is 1.95 bits per heavy atom. The van der Waals surface area contributed by atoms with Crippen LogP contribution in [0.15, 0.2) is 26.5 Å². The van der Waals surface area contributed by atoms with Gasteiger partial charge in [0.1, 0.15) is 12.4 Å². The van der Waals surface area contributed by atoms with E-state index in [2.05, 4.69) is 68.1 Å². The van der Waals surface area contributed by atoms with Crippen molar-refractivity contribution in [3.8, 4) is 5.75 Å². The Kier molecular flexibility index (Phi) is 6.22. The minimum absolute atomic E-state index is 0.464. The summed E-state index contributed by atoms with van der Waals surface area (Å²) in [7, 11) is 0. The molecular weight excluding hydrogens is 416 g/mol. The lowest BCUT2D eigenvalue weighted by Gasteiger charge is -2.13. The van der Waals surface area contributed by atoms with Crippen LogP contribution in [0.25, 0.3) is 0 Å². The molecule has 1 aromatic carbocycles. The third kappa shape index (κ3) is 5.06. The van der Waals surface area contributed by atoms with Gasteiger partial charge in [-0.3, -0.25) is 0 Å². The second-order valence-corrected chi connectivity index (χ2v) is 7.84. The zero-order valence-corrected chi connectivity index (χ0v) is 16.2. The maximum atomic E-state index is 5.88. The molecule has 0 aliphatic carbocycles. The molecule has 114 valence electrons. The summed E-state index contributed by atoms with van der Waals surface area (Å²) in [6.45, 7) is 7.58. The first kappa shape index (κ1) is 16.9. The second kappa shape index (κ2) is 7.72. The Hall–Kier alpha value is -0.430.